The summed E-state index contributed by atoms with van der Waals surface area (Å²) in [7, 11) is 0. The summed E-state index contributed by atoms with van der Waals surface area (Å²) in [6.45, 7) is 1.76. The summed E-state index contributed by atoms with van der Waals surface area (Å²) in [5, 5.41) is 9.21. The number of hydrogen-bond donors (Lipinski definition) is 1. The average Bonchev–Trinajstić information content (AvgIpc) is 2.48. The van der Waals surface area contributed by atoms with Gasteiger partial charge in [0.2, 0.25) is 0 Å². The number of aryl methyl sites for hydroxylation is 2. The lowest BCUT2D eigenvalue weighted by molar-refractivity contribution is 0.0695. The van der Waals surface area contributed by atoms with Crippen LogP contribution < -0.4 is 0 Å². The molecule has 0 atom stereocenters. The van der Waals surface area contributed by atoms with E-state index in [1.165, 1.54) is 5.57 Å². The Labute approximate surface area is 124 Å². The Kier molecular flexibility index (Phi) is 3.57. The number of benzene rings is 1. The van der Waals surface area contributed by atoms with Crippen molar-refractivity contribution in [3.05, 3.63) is 64.5 Å². The average molecular weight is 279 g/mol. The van der Waals surface area contributed by atoms with Crippen LogP contribution in [-0.2, 0) is 6.42 Å². The molecule has 21 heavy (non-hydrogen) atoms. The van der Waals surface area contributed by atoms with E-state index in [2.05, 4.69) is 23.2 Å². The van der Waals surface area contributed by atoms with Crippen molar-refractivity contribution in [1.82, 2.24) is 4.98 Å². The second-order valence-electron chi connectivity index (χ2n) is 5.37. The molecule has 2 aromatic rings. The third-order valence-corrected chi connectivity index (χ3v) is 3.86. The SMILES string of the molecule is Cc1nc2c(cc1C(=O)O)CCCC2=Cc1ccccc1. The molecular weight excluding hydrogens is 262 g/mol. The molecule has 106 valence electrons. The van der Waals surface area contributed by atoms with Crippen LogP contribution in [0.4, 0.5) is 0 Å². The van der Waals surface area contributed by atoms with Crippen molar-refractivity contribution in [3.8, 4) is 0 Å². The van der Waals surface area contributed by atoms with Crippen LogP contribution in [0.3, 0.4) is 0 Å². The van der Waals surface area contributed by atoms with E-state index in [0.717, 1.165) is 36.1 Å². The zero-order valence-corrected chi connectivity index (χ0v) is 12.0. The second kappa shape index (κ2) is 5.52. The topological polar surface area (TPSA) is 50.2 Å². The first-order chi connectivity index (χ1) is 10.1. The number of hydrogen-bond acceptors (Lipinski definition) is 2. The number of nitrogens with zero attached hydrogens (tertiary/aromatic N) is 1. The van der Waals surface area contributed by atoms with Gasteiger partial charge in [0.05, 0.1) is 17.0 Å². The summed E-state index contributed by atoms with van der Waals surface area (Å²) in [4.78, 5) is 15.8. The van der Waals surface area contributed by atoms with Crippen LogP contribution in [0, 0.1) is 6.92 Å². The smallest absolute Gasteiger partial charge is 0.337 e. The molecule has 0 aliphatic heterocycles. The highest BCUT2D eigenvalue weighted by Crippen LogP contribution is 2.32. The van der Waals surface area contributed by atoms with E-state index >= 15 is 0 Å². The fraction of sp³-hybridized carbons (Fsp3) is 0.222. The summed E-state index contributed by atoms with van der Waals surface area (Å²) in [5.74, 6) is -0.901. The van der Waals surface area contributed by atoms with Crippen molar-refractivity contribution in [2.75, 3.05) is 0 Å². The molecule has 1 aromatic carbocycles. The summed E-state index contributed by atoms with van der Waals surface area (Å²) in [5.41, 5.74) is 5.26. The van der Waals surface area contributed by atoms with Gasteiger partial charge in [-0.1, -0.05) is 30.3 Å². The Morgan fingerprint density at radius 3 is 2.71 bits per heavy atom. The predicted molar refractivity (Wildman–Crippen MR) is 83.2 cm³/mol. The lowest BCUT2D eigenvalue weighted by Gasteiger charge is -2.19. The molecule has 0 fully saturated rings. The first-order valence-corrected chi connectivity index (χ1v) is 7.15. The van der Waals surface area contributed by atoms with E-state index in [4.69, 9.17) is 0 Å². The van der Waals surface area contributed by atoms with Crippen molar-refractivity contribution in [3.63, 3.8) is 0 Å². The van der Waals surface area contributed by atoms with E-state index in [1.807, 2.05) is 18.2 Å². The molecule has 3 rings (SSSR count). The van der Waals surface area contributed by atoms with Crippen molar-refractivity contribution in [2.24, 2.45) is 0 Å². The van der Waals surface area contributed by atoms with Gasteiger partial charge in [0.25, 0.3) is 0 Å². The first-order valence-electron chi connectivity index (χ1n) is 7.15. The van der Waals surface area contributed by atoms with Crippen molar-refractivity contribution < 1.29 is 9.90 Å². The Morgan fingerprint density at radius 2 is 2.00 bits per heavy atom. The highest BCUT2D eigenvalue weighted by molar-refractivity contribution is 5.90. The van der Waals surface area contributed by atoms with Gasteiger partial charge in [-0.15, -0.1) is 0 Å². The predicted octanol–water partition coefficient (Wildman–Crippen LogP) is 3.97. The van der Waals surface area contributed by atoms with Gasteiger partial charge in [0.1, 0.15) is 0 Å². The van der Waals surface area contributed by atoms with Gasteiger partial charge in [-0.05, 0) is 55.0 Å². The standard InChI is InChI=1S/C18H17NO2/c1-12-16(18(20)21)11-15-9-5-8-14(17(15)19-12)10-13-6-3-2-4-7-13/h2-4,6-7,10-11H,5,8-9H2,1H3,(H,20,21). The lowest BCUT2D eigenvalue weighted by atomic mass is 9.89. The minimum atomic E-state index is -0.901. The number of carboxylic acid groups (broad SMARTS) is 1. The van der Waals surface area contributed by atoms with Crippen LogP contribution in [0.15, 0.2) is 36.4 Å². The molecule has 1 aliphatic carbocycles. The molecule has 3 nitrogen and oxygen atoms in total. The summed E-state index contributed by atoms with van der Waals surface area (Å²) >= 11 is 0. The van der Waals surface area contributed by atoms with E-state index in [0.29, 0.717) is 11.3 Å². The van der Waals surface area contributed by atoms with Gasteiger partial charge in [-0.3, -0.25) is 4.98 Å². The van der Waals surface area contributed by atoms with Crippen LogP contribution in [-0.4, -0.2) is 16.1 Å². The van der Waals surface area contributed by atoms with E-state index in [9.17, 15) is 9.90 Å². The molecule has 0 saturated heterocycles. The fourth-order valence-corrected chi connectivity index (χ4v) is 2.81. The minimum Gasteiger partial charge on any atom is -0.478 e. The zero-order chi connectivity index (χ0) is 14.8. The Balaban J connectivity index is 2.08. The molecule has 0 unspecified atom stereocenters. The number of fused-ring (bicyclic) bond motifs is 1. The van der Waals surface area contributed by atoms with Gasteiger partial charge >= 0.3 is 5.97 Å². The van der Waals surface area contributed by atoms with Crippen LogP contribution in [0.25, 0.3) is 11.6 Å². The summed E-state index contributed by atoms with van der Waals surface area (Å²) < 4.78 is 0. The number of aromatic nitrogens is 1. The highest BCUT2D eigenvalue weighted by atomic mass is 16.4. The van der Waals surface area contributed by atoms with Crippen LogP contribution in [0.5, 0.6) is 0 Å². The quantitative estimate of drug-likeness (QED) is 0.905. The molecule has 1 heterocycles. The van der Waals surface area contributed by atoms with E-state index in [1.54, 1.807) is 13.0 Å². The van der Waals surface area contributed by atoms with Gasteiger partial charge in [0, 0.05) is 0 Å². The van der Waals surface area contributed by atoms with Gasteiger partial charge in [-0.25, -0.2) is 4.79 Å². The lowest BCUT2D eigenvalue weighted by Crippen LogP contribution is -2.10. The largest absolute Gasteiger partial charge is 0.478 e. The van der Waals surface area contributed by atoms with Crippen LogP contribution in [0.1, 0.15) is 45.7 Å². The molecule has 0 radical (unpaired) electrons. The van der Waals surface area contributed by atoms with Crippen molar-refractivity contribution in [2.45, 2.75) is 26.2 Å². The zero-order valence-electron chi connectivity index (χ0n) is 12.0. The van der Waals surface area contributed by atoms with Crippen LogP contribution in [0.2, 0.25) is 0 Å². The number of carboxylic acids is 1. The number of rotatable bonds is 2. The van der Waals surface area contributed by atoms with Crippen molar-refractivity contribution in [1.29, 1.82) is 0 Å². The van der Waals surface area contributed by atoms with Gasteiger partial charge < -0.3 is 5.11 Å². The maximum Gasteiger partial charge on any atom is 0.337 e. The minimum absolute atomic E-state index is 0.315. The third kappa shape index (κ3) is 2.72. The molecule has 0 bridgehead atoms. The molecule has 3 heteroatoms. The molecule has 1 N–H and O–H groups in total. The maximum absolute atomic E-state index is 11.2. The highest BCUT2D eigenvalue weighted by Gasteiger charge is 2.19. The molecule has 0 saturated carbocycles. The van der Waals surface area contributed by atoms with Gasteiger partial charge in [-0.2, -0.15) is 0 Å². The molecule has 0 amide bonds. The van der Waals surface area contributed by atoms with E-state index in [-0.39, 0.29) is 0 Å². The molecule has 1 aliphatic rings. The maximum atomic E-state index is 11.2. The monoisotopic (exact) mass is 279 g/mol. The Morgan fingerprint density at radius 1 is 1.24 bits per heavy atom. The first kappa shape index (κ1) is 13.6. The summed E-state index contributed by atoms with van der Waals surface area (Å²) in [6, 6.07) is 12.0. The normalized spacial score (nSPS) is 15.8. The Bertz CT molecular complexity index is 717. The molecule has 1 aromatic heterocycles. The third-order valence-electron chi connectivity index (χ3n) is 3.86. The second-order valence-corrected chi connectivity index (χ2v) is 5.37. The van der Waals surface area contributed by atoms with Crippen molar-refractivity contribution >= 4 is 17.6 Å². The number of carbonyl (C=O) groups is 1. The number of allylic oxidation sites excluding steroid dienone is 1. The van der Waals surface area contributed by atoms with Crippen LogP contribution >= 0.6 is 0 Å². The van der Waals surface area contributed by atoms with Gasteiger partial charge in [0.15, 0.2) is 0 Å². The molecular formula is C18H17NO2. The number of aromatic carboxylic acids is 1. The molecule has 0 spiro atoms. The Hall–Kier alpha value is -2.42. The fourth-order valence-electron chi connectivity index (χ4n) is 2.81. The summed E-state index contributed by atoms with van der Waals surface area (Å²) in [6.07, 6.45) is 5.08. The number of pyridine rings is 1. The van der Waals surface area contributed by atoms with E-state index < -0.39 is 5.97 Å².